The van der Waals surface area contributed by atoms with Gasteiger partial charge in [0, 0.05) is 11.1 Å². The van der Waals surface area contributed by atoms with Crippen LogP contribution >= 0.6 is 0 Å². The summed E-state index contributed by atoms with van der Waals surface area (Å²) in [6.45, 7) is 12.6. The Hall–Kier alpha value is -2.62. The zero-order chi connectivity index (χ0) is 25.0. The highest BCUT2D eigenvalue weighted by molar-refractivity contribution is 5.66. The van der Waals surface area contributed by atoms with Gasteiger partial charge in [-0.3, -0.25) is 0 Å². The van der Waals surface area contributed by atoms with Crippen molar-refractivity contribution in [1.29, 1.82) is 0 Å². The molecule has 0 aliphatic heterocycles. The highest BCUT2D eigenvalue weighted by atomic mass is 16.5. The van der Waals surface area contributed by atoms with Crippen LogP contribution in [-0.2, 0) is 6.42 Å². The fraction of sp³-hybridized carbons (Fsp3) is 0.517. The second-order valence-corrected chi connectivity index (χ2v) is 9.12. The summed E-state index contributed by atoms with van der Waals surface area (Å²) >= 11 is 0. The SMILES string of the molecule is COc1c(O)c(C)c(CC=C(C)CCC=C(C)CCC=C(C)CCC=C(C)C)c(O)c1OC. The molecule has 0 heterocycles. The summed E-state index contributed by atoms with van der Waals surface area (Å²) in [4.78, 5) is 0. The van der Waals surface area contributed by atoms with Gasteiger partial charge in [0.15, 0.2) is 11.5 Å². The summed E-state index contributed by atoms with van der Waals surface area (Å²) in [6, 6.07) is 0. The highest BCUT2D eigenvalue weighted by Crippen LogP contribution is 2.48. The number of allylic oxidation sites excluding steroid dienone is 8. The van der Waals surface area contributed by atoms with Crippen molar-refractivity contribution >= 4 is 0 Å². The predicted octanol–water partition coefficient (Wildman–Crippen LogP) is 8.11. The van der Waals surface area contributed by atoms with E-state index in [1.807, 2.05) is 0 Å². The Balaban J connectivity index is 2.62. The zero-order valence-electron chi connectivity index (χ0n) is 22.0. The van der Waals surface area contributed by atoms with Gasteiger partial charge in [-0.05, 0) is 86.5 Å². The Morgan fingerprint density at radius 2 is 1.09 bits per heavy atom. The second kappa shape index (κ2) is 14.5. The van der Waals surface area contributed by atoms with Gasteiger partial charge in [0.2, 0.25) is 11.5 Å². The first-order valence-corrected chi connectivity index (χ1v) is 11.9. The first kappa shape index (κ1) is 28.4. The Kier molecular flexibility index (Phi) is 12.5. The highest BCUT2D eigenvalue weighted by Gasteiger charge is 2.22. The number of benzene rings is 1. The van der Waals surface area contributed by atoms with Crippen LogP contribution in [0.5, 0.6) is 23.0 Å². The van der Waals surface area contributed by atoms with Crippen LogP contribution in [-0.4, -0.2) is 24.4 Å². The standard InChI is InChI=1S/C29H44O4/c1-20(2)12-9-13-21(3)14-10-15-22(4)16-11-17-23(5)18-19-25-24(6)26(30)28(32-7)29(33-8)27(25)31/h12,14,16,18,30-31H,9-11,13,15,17,19H2,1-8H3. The Labute approximate surface area is 201 Å². The molecule has 1 aromatic carbocycles. The number of hydrogen-bond acceptors (Lipinski definition) is 4. The molecular weight excluding hydrogens is 412 g/mol. The third-order valence-corrected chi connectivity index (χ3v) is 5.95. The third kappa shape index (κ3) is 9.41. The van der Waals surface area contributed by atoms with E-state index in [9.17, 15) is 10.2 Å². The second-order valence-electron chi connectivity index (χ2n) is 9.12. The monoisotopic (exact) mass is 456 g/mol. The number of phenolic OH excluding ortho intramolecular Hbond substituents is 2. The molecule has 0 spiro atoms. The van der Waals surface area contributed by atoms with Gasteiger partial charge < -0.3 is 19.7 Å². The molecule has 0 aliphatic rings. The molecule has 0 saturated heterocycles. The minimum Gasteiger partial charge on any atom is -0.504 e. The molecule has 0 aromatic heterocycles. The van der Waals surface area contributed by atoms with Crippen molar-refractivity contribution in [3.05, 3.63) is 57.7 Å². The topological polar surface area (TPSA) is 58.9 Å². The molecule has 0 radical (unpaired) electrons. The quantitative estimate of drug-likeness (QED) is 0.232. The molecule has 0 fully saturated rings. The Bertz CT molecular complexity index is 897. The average molecular weight is 457 g/mol. The number of aromatic hydroxyl groups is 2. The van der Waals surface area contributed by atoms with Crippen molar-refractivity contribution in [3.8, 4) is 23.0 Å². The lowest BCUT2D eigenvalue weighted by Gasteiger charge is -2.17. The summed E-state index contributed by atoms with van der Waals surface area (Å²) in [6.07, 6.45) is 16.1. The Morgan fingerprint density at radius 3 is 1.55 bits per heavy atom. The number of ether oxygens (including phenoxy) is 2. The van der Waals surface area contributed by atoms with E-state index >= 15 is 0 Å². The summed E-state index contributed by atoms with van der Waals surface area (Å²) in [7, 11) is 2.90. The van der Waals surface area contributed by atoms with E-state index in [1.165, 1.54) is 36.5 Å². The van der Waals surface area contributed by atoms with Crippen LogP contribution in [0.3, 0.4) is 0 Å². The first-order valence-electron chi connectivity index (χ1n) is 11.9. The molecule has 1 aromatic rings. The molecule has 4 nitrogen and oxygen atoms in total. The number of methoxy groups -OCH3 is 2. The van der Waals surface area contributed by atoms with Gasteiger partial charge in [-0.1, -0.05) is 46.6 Å². The fourth-order valence-electron chi connectivity index (χ4n) is 3.73. The molecular formula is C29H44O4. The van der Waals surface area contributed by atoms with Gasteiger partial charge in [-0.2, -0.15) is 0 Å². The van der Waals surface area contributed by atoms with Gasteiger partial charge >= 0.3 is 0 Å². The fourth-order valence-corrected chi connectivity index (χ4v) is 3.73. The van der Waals surface area contributed by atoms with Crippen molar-refractivity contribution < 1.29 is 19.7 Å². The van der Waals surface area contributed by atoms with Gasteiger partial charge in [0.25, 0.3) is 0 Å². The van der Waals surface area contributed by atoms with Crippen molar-refractivity contribution in [2.24, 2.45) is 0 Å². The molecule has 0 aliphatic carbocycles. The molecule has 184 valence electrons. The van der Waals surface area contributed by atoms with Crippen molar-refractivity contribution in [2.45, 2.75) is 86.5 Å². The number of rotatable bonds is 13. The summed E-state index contributed by atoms with van der Waals surface area (Å²) < 4.78 is 10.4. The lowest BCUT2D eigenvalue weighted by Crippen LogP contribution is -1.98. The van der Waals surface area contributed by atoms with E-state index in [2.05, 4.69) is 58.9 Å². The van der Waals surface area contributed by atoms with Crippen molar-refractivity contribution in [3.63, 3.8) is 0 Å². The third-order valence-electron chi connectivity index (χ3n) is 5.95. The molecule has 0 bridgehead atoms. The normalized spacial score (nSPS) is 12.7. The van der Waals surface area contributed by atoms with E-state index in [1.54, 1.807) is 6.92 Å². The predicted molar refractivity (Wildman–Crippen MR) is 140 cm³/mol. The lowest BCUT2D eigenvalue weighted by atomic mass is 9.99. The van der Waals surface area contributed by atoms with Crippen LogP contribution in [0.2, 0.25) is 0 Å². The van der Waals surface area contributed by atoms with Crippen LogP contribution in [0.4, 0.5) is 0 Å². The molecule has 0 amide bonds. The van der Waals surface area contributed by atoms with Crippen LogP contribution in [0.1, 0.15) is 84.3 Å². The van der Waals surface area contributed by atoms with Crippen LogP contribution < -0.4 is 9.47 Å². The number of hydrogen-bond donors (Lipinski definition) is 2. The molecule has 0 unspecified atom stereocenters. The van der Waals surface area contributed by atoms with Gasteiger partial charge in [0.05, 0.1) is 14.2 Å². The largest absolute Gasteiger partial charge is 0.504 e. The molecule has 1 rings (SSSR count). The zero-order valence-corrected chi connectivity index (χ0v) is 22.0. The molecule has 2 N–H and O–H groups in total. The van der Waals surface area contributed by atoms with Crippen molar-refractivity contribution in [1.82, 2.24) is 0 Å². The molecule has 0 atom stereocenters. The maximum atomic E-state index is 10.6. The lowest BCUT2D eigenvalue weighted by molar-refractivity contribution is 0.314. The summed E-state index contributed by atoms with van der Waals surface area (Å²) in [5, 5.41) is 21.0. The smallest absolute Gasteiger partial charge is 0.207 e. The Morgan fingerprint density at radius 1 is 0.667 bits per heavy atom. The molecule has 4 heteroatoms. The van der Waals surface area contributed by atoms with Gasteiger partial charge in [-0.25, -0.2) is 0 Å². The van der Waals surface area contributed by atoms with Crippen LogP contribution in [0, 0.1) is 6.92 Å². The van der Waals surface area contributed by atoms with Gasteiger partial charge in [0.1, 0.15) is 0 Å². The average Bonchev–Trinajstić information content (AvgIpc) is 2.75. The van der Waals surface area contributed by atoms with E-state index in [0.717, 1.165) is 38.5 Å². The maximum Gasteiger partial charge on any atom is 0.207 e. The van der Waals surface area contributed by atoms with Gasteiger partial charge in [-0.15, -0.1) is 0 Å². The molecule has 33 heavy (non-hydrogen) atoms. The summed E-state index contributed by atoms with van der Waals surface area (Å²) in [5.41, 5.74) is 6.80. The van der Waals surface area contributed by atoms with E-state index < -0.39 is 0 Å². The van der Waals surface area contributed by atoms with E-state index in [-0.39, 0.29) is 23.0 Å². The first-order chi connectivity index (χ1) is 15.6. The van der Waals surface area contributed by atoms with Crippen molar-refractivity contribution in [2.75, 3.05) is 14.2 Å². The minimum absolute atomic E-state index is 0.00740. The summed E-state index contributed by atoms with van der Waals surface area (Å²) in [5.74, 6) is 0.360. The van der Waals surface area contributed by atoms with E-state index in [4.69, 9.17) is 9.47 Å². The van der Waals surface area contributed by atoms with Crippen LogP contribution in [0.15, 0.2) is 46.6 Å². The number of phenols is 2. The van der Waals surface area contributed by atoms with Crippen LogP contribution in [0.25, 0.3) is 0 Å². The minimum atomic E-state index is 0.00740. The maximum absolute atomic E-state index is 10.6. The molecule has 0 saturated carbocycles. The van der Waals surface area contributed by atoms with E-state index in [0.29, 0.717) is 17.5 Å².